The van der Waals surface area contributed by atoms with Crippen molar-refractivity contribution in [3.8, 4) is 5.75 Å². The molecule has 0 aliphatic rings. The summed E-state index contributed by atoms with van der Waals surface area (Å²) in [5, 5.41) is 5.05. The van der Waals surface area contributed by atoms with Crippen molar-refractivity contribution >= 4 is 15.9 Å². The van der Waals surface area contributed by atoms with Crippen molar-refractivity contribution in [1.82, 2.24) is 4.90 Å². The molecule has 6 nitrogen and oxygen atoms in total. The van der Waals surface area contributed by atoms with E-state index in [1.165, 1.54) is 36.3 Å². The number of rotatable bonds is 7. The van der Waals surface area contributed by atoms with Crippen molar-refractivity contribution in [2.24, 2.45) is 5.14 Å². The number of primary sulfonamides is 1. The number of halogens is 1. The van der Waals surface area contributed by atoms with E-state index in [0.717, 1.165) is 5.56 Å². The molecule has 0 saturated heterocycles. The first kappa shape index (κ1) is 19.9. The minimum Gasteiger partial charge on any atom is -0.494 e. The molecule has 0 aliphatic heterocycles. The zero-order valence-corrected chi connectivity index (χ0v) is 15.4. The number of hydrogen-bond acceptors (Lipinski definition) is 4. The van der Waals surface area contributed by atoms with Crippen LogP contribution >= 0.6 is 0 Å². The number of aryl methyl sites for hydroxylation is 1. The maximum Gasteiger partial charge on any atom is 0.238 e. The minimum absolute atomic E-state index is 0.0335. The Morgan fingerprint density at radius 3 is 2.31 bits per heavy atom. The lowest BCUT2D eigenvalue weighted by atomic mass is 10.1. The van der Waals surface area contributed by atoms with Gasteiger partial charge in [0.15, 0.2) is 11.6 Å². The van der Waals surface area contributed by atoms with Gasteiger partial charge in [0.2, 0.25) is 15.9 Å². The summed E-state index contributed by atoms with van der Waals surface area (Å²) in [4.78, 5) is 13.8. The molecular formula is C18H21FN2O4S. The van der Waals surface area contributed by atoms with Gasteiger partial charge in [0.25, 0.3) is 0 Å². The lowest BCUT2D eigenvalue weighted by Crippen LogP contribution is -2.26. The largest absolute Gasteiger partial charge is 0.494 e. The van der Waals surface area contributed by atoms with Gasteiger partial charge in [-0.1, -0.05) is 18.2 Å². The summed E-state index contributed by atoms with van der Waals surface area (Å²) in [6.45, 7) is 0.282. The molecule has 0 radical (unpaired) electrons. The highest BCUT2D eigenvalue weighted by Crippen LogP contribution is 2.19. The van der Waals surface area contributed by atoms with E-state index in [9.17, 15) is 17.6 Å². The summed E-state index contributed by atoms with van der Waals surface area (Å²) < 4.78 is 41.0. The predicted molar refractivity (Wildman–Crippen MR) is 95.6 cm³/mol. The number of benzene rings is 2. The van der Waals surface area contributed by atoms with Crippen LogP contribution in [0.4, 0.5) is 4.39 Å². The Hall–Kier alpha value is -2.45. The molecule has 0 saturated carbocycles. The second-order valence-electron chi connectivity index (χ2n) is 5.91. The van der Waals surface area contributed by atoms with E-state index < -0.39 is 15.8 Å². The maximum absolute atomic E-state index is 13.7. The monoisotopic (exact) mass is 380 g/mol. The van der Waals surface area contributed by atoms with Crippen LogP contribution in [0.25, 0.3) is 0 Å². The number of hydrogen-bond donors (Lipinski definition) is 1. The fraction of sp³-hybridized carbons (Fsp3) is 0.278. The highest BCUT2D eigenvalue weighted by molar-refractivity contribution is 7.89. The Kier molecular flexibility index (Phi) is 6.33. The topological polar surface area (TPSA) is 89.7 Å². The number of nitrogens with two attached hydrogens (primary N) is 1. The highest BCUT2D eigenvalue weighted by Gasteiger charge is 2.12. The van der Waals surface area contributed by atoms with E-state index in [-0.39, 0.29) is 29.5 Å². The van der Waals surface area contributed by atoms with Gasteiger partial charge < -0.3 is 9.64 Å². The molecule has 0 heterocycles. The van der Waals surface area contributed by atoms with E-state index in [2.05, 4.69) is 0 Å². The molecule has 0 atom stereocenters. The lowest BCUT2D eigenvalue weighted by Gasteiger charge is -2.17. The third-order valence-electron chi connectivity index (χ3n) is 3.94. The van der Waals surface area contributed by atoms with Crippen LogP contribution in [0.3, 0.4) is 0 Å². The van der Waals surface area contributed by atoms with Crippen LogP contribution in [0.2, 0.25) is 0 Å². The number of sulfonamides is 1. The lowest BCUT2D eigenvalue weighted by molar-refractivity contribution is -0.130. The smallest absolute Gasteiger partial charge is 0.238 e. The third-order valence-corrected chi connectivity index (χ3v) is 4.87. The van der Waals surface area contributed by atoms with Gasteiger partial charge in [0, 0.05) is 20.0 Å². The molecule has 0 fully saturated rings. The number of carbonyl (C=O) groups is 1. The Morgan fingerprint density at radius 2 is 1.77 bits per heavy atom. The van der Waals surface area contributed by atoms with Crippen molar-refractivity contribution in [3.05, 3.63) is 59.4 Å². The van der Waals surface area contributed by atoms with Crippen LogP contribution < -0.4 is 9.88 Å². The summed E-state index contributed by atoms with van der Waals surface area (Å²) in [7, 11) is -0.683. The quantitative estimate of drug-likeness (QED) is 0.796. The van der Waals surface area contributed by atoms with E-state index in [4.69, 9.17) is 9.88 Å². The number of nitrogens with zero attached hydrogens (tertiary/aromatic N) is 1. The first-order valence-electron chi connectivity index (χ1n) is 7.89. The van der Waals surface area contributed by atoms with Gasteiger partial charge in [0.05, 0.1) is 12.0 Å². The molecule has 2 N–H and O–H groups in total. The normalized spacial score (nSPS) is 11.2. The first-order chi connectivity index (χ1) is 12.2. The average Bonchev–Trinajstić information content (AvgIpc) is 2.59. The Labute approximate surface area is 152 Å². The molecule has 1 amide bonds. The van der Waals surface area contributed by atoms with Crippen LogP contribution in [0, 0.1) is 5.82 Å². The molecule has 140 valence electrons. The second kappa shape index (κ2) is 8.29. The number of amides is 1. The van der Waals surface area contributed by atoms with Gasteiger partial charge in [-0.2, -0.15) is 0 Å². The second-order valence-corrected chi connectivity index (χ2v) is 7.47. The summed E-state index contributed by atoms with van der Waals surface area (Å²) in [6.07, 6.45) is 0.717. The first-order valence-corrected chi connectivity index (χ1v) is 9.43. The maximum atomic E-state index is 13.7. The Morgan fingerprint density at radius 1 is 1.15 bits per heavy atom. The van der Waals surface area contributed by atoms with Crippen molar-refractivity contribution in [2.75, 3.05) is 14.2 Å². The van der Waals surface area contributed by atoms with Crippen molar-refractivity contribution in [1.29, 1.82) is 0 Å². The molecule has 0 spiro atoms. The highest BCUT2D eigenvalue weighted by atomic mass is 32.2. The number of methoxy groups -OCH3 is 1. The Bertz CT molecular complexity index is 883. The third kappa shape index (κ3) is 5.27. The molecule has 2 aromatic rings. The standard InChI is InChI=1S/C18H21FN2O4S/c1-21(12-14-5-9-17(25-2)16(19)11-14)18(22)10-6-13-3-7-15(8-4-13)26(20,23)24/h3-5,7-9,11H,6,10,12H2,1-2H3,(H2,20,23,24). The van der Waals surface area contributed by atoms with E-state index in [1.807, 2.05) is 0 Å². The van der Waals surface area contributed by atoms with Gasteiger partial charge in [0.1, 0.15) is 0 Å². The van der Waals surface area contributed by atoms with Crippen LogP contribution in [0.5, 0.6) is 5.75 Å². The summed E-state index contributed by atoms with van der Waals surface area (Å²) >= 11 is 0. The molecular weight excluding hydrogens is 359 g/mol. The van der Waals surface area contributed by atoms with E-state index in [0.29, 0.717) is 12.0 Å². The van der Waals surface area contributed by atoms with Gasteiger partial charge in [-0.3, -0.25) is 4.79 Å². The molecule has 0 unspecified atom stereocenters. The van der Waals surface area contributed by atoms with Gasteiger partial charge in [-0.25, -0.2) is 17.9 Å². The van der Waals surface area contributed by atoms with E-state index >= 15 is 0 Å². The predicted octanol–water partition coefficient (Wildman–Crippen LogP) is 2.07. The number of carbonyl (C=O) groups excluding carboxylic acids is 1. The van der Waals surface area contributed by atoms with Crippen molar-refractivity contribution in [2.45, 2.75) is 24.3 Å². The van der Waals surface area contributed by atoms with Gasteiger partial charge in [-0.15, -0.1) is 0 Å². The molecule has 0 aromatic heterocycles. The zero-order valence-electron chi connectivity index (χ0n) is 14.6. The zero-order chi connectivity index (χ0) is 19.3. The molecule has 2 rings (SSSR count). The fourth-order valence-corrected chi connectivity index (χ4v) is 2.97. The molecule has 0 bridgehead atoms. The Balaban J connectivity index is 1.92. The van der Waals surface area contributed by atoms with Crippen molar-refractivity contribution in [3.63, 3.8) is 0 Å². The summed E-state index contributed by atoms with van der Waals surface area (Å²) in [5.41, 5.74) is 1.49. The molecule has 2 aromatic carbocycles. The summed E-state index contributed by atoms with van der Waals surface area (Å²) in [6, 6.07) is 10.7. The fourth-order valence-electron chi connectivity index (χ4n) is 2.46. The van der Waals surface area contributed by atoms with Gasteiger partial charge >= 0.3 is 0 Å². The average molecular weight is 380 g/mol. The molecule has 8 heteroatoms. The number of ether oxygens (including phenoxy) is 1. The summed E-state index contributed by atoms with van der Waals surface area (Å²) in [5.74, 6) is -0.414. The van der Waals surface area contributed by atoms with Crippen LogP contribution in [-0.2, 0) is 27.8 Å². The minimum atomic E-state index is -3.72. The SMILES string of the molecule is COc1ccc(CN(C)C(=O)CCc2ccc(S(N)(=O)=O)cc2)cc1F. The molecule has 26 heavy (non-hydrogen) atoms. The van der Waals surface area contributed by atoms with Crippen LogP contribution in [0.1, 0.15) is 17.5 Å². The van der Waals surface area contributed by atoms with Crippen LogP contribution in [-0.4, -0.2) is 33.4 Å². The molecule has 0 aliphatic carbocycles. The van der Waals surface area contributed by atoms with Crippen LogP contribution in [0.15, 0.2) is 47.4 Å². The van der Waals surface area contributed by atoms with Gasteiger partial charge in [-0.05, 0) is 41.8 Å². The van der Waals surface area contributed by atoms with E-state index in [1.54, 1.807) is 25.2 Å². The van der Waals surface area contributed by atoms with Crippen molar-refractivity contribution < 1.29 is 22.3 Å².